The Hall–Kier alpha value is -10.1. The lowest BCUT2D eigenvalue weighted by molar-refractivity contribution is -0.137. The molecule has 1 aromatic heterocycles. The van der Waals surface area contributed by atoms with Gasteiger partial charge in [0.05, 0.1) is 33.5 Å². The zero-order valence-corrected chi connectivity index (χ0v) is 46.7. The van der Waals surface area contributed by atoms with Crippen LogP contribution in [0.4, 0.5) is 60.5 Å². The zero-order valence-electron chi connectivity index (χ0n) is 46.7. The predicted octanol–water partition coefficient (Wildman–Crippen LogP) is 22.4. The Balaban J connectivity index is 0.885. The second-order valence-corrected chi connectivity index (χ2v) is 22.3. The summed E-state index contributed by atoms with van der Waals surface area (Å²) in [4.78, 5) is 3.28. The fourth-order valence-corrected chi connectivity index (χ4v) is 13.4. The molecule has 0 radical (unpaired) electrons. The number of hydrogen-bond donors (Lipinski definition) is 0. The van der Waals surface area contributed by atoms with Gasteiger partial charge in [-0.2, -0.15) is 26.3 Å². The highest BCUT2D eigenvalue weighted by Crippen LogP contribution is 2.59. The Bertz CT molecular complexity index is 4330. The highest BCUT2D eigenvalue weighted by atomic mass is 19.4. The van der Waals surface area contributed by atoms with E-state index in [0.29, 0.717) is 22.7 Å². The standard InChI is InChI=1S/C77H55F6N3/c1-75-48-18-17-29-68(75)73(53-19-5-2-6-20-53)62-25-11-12-26-63(62)74(75)54-36-44-61(45-37-54)86-69-46-38-55(51-32-40-59(41-33-51)84(57-21-7-3-8-22-57)71-30-15-13-27-66(71)76(78,79)80)49-64(69)65-50-56(39-47-70(65)86)52-34-42-60(43-35-52)85(58-23-9-4-10-24-58)72-31-16-14-28-67(72)77(81,82)83/h2-11,13-25,27-50,74H,12,26H2,1H3. The smallest absolute Gasteiger partial charge is 0.310 e. The van der Waals surface area contributed by atoms with Crippen molar-refractivity contribution in [2.24, 2.45) is 5.41 Å². The van der Waals surface area contributed by atoms with Crippen LogP contribution in [0.15, 0.2) is 302 Å². The number of para-hydroxylation sites is 4. The molecular weight excluding hydrogens is 1080 g/mol. The first-order valence-electron chi connectivity index (χ1n) is 28.8. The van der Waals surface area contributed by atoms with Crippen molar-refractivity contribution in [1.82, 2.24) is 4.57 Å². The molecule has 86 heavy (non-hydrogen) atoms. The van der Waals surface area contributed by atoms with Gasteiger partial charge in [-0.1, -0.05) is 188 Å². The van der Waals surface area contributed by atoms with E-state index in [9.17, 15) is 26.3 Å². The van der Waals surface area contributed by atoms with E-state index in [-0.39, 0.29) is 22.7 Å². The number of halogens is 6. The number of rotatable bonds is 11. The highest BCUT2D eigenvalue weighted by Gasteiger charge is 2.45. The average Bonchev–Trinajstić information content (AvgIpc) is 2.22. The molecule has 3 aliphatic rings. The number of benzene rings is 10. The molecule has 3 nitrogen and oxygen atoms in total. The Kier molecular flexibility index (Phi) is 13.5. The molecule has 2 atom stereocenters. The van der Waals surface area contributed by atoms with Crippen molar-refractivity contribution < 1.29 is 26.3 Å². The third-order valence-corrected chi connectivity index (χ3v) is 17.3. The monoisotopic (exact) mass is 1140 g/mol. The summed E-state index contributed by atoms with van der Waals surface area (Å²) in [6.07, 6.45) is 6.44. The Morgan fingerprint density at radius 2 is 0.895 bits per heavy atom. The second kappa shape index (κ2) is 21.5. The second-order valence-electron chi connectivity index (χ2n) is 22.3. The van der Waals surface area contributed by atoms with Gasteiger partial charge in [0.25, 0.3) is 0 Å². The summed E-state index contributed by atoms with van der Waals surface area (Å²) < 4.78 is 90.0. The largest absolute Gasteiger partial charge is 0.418 e. The van der Waals surface area contributed by atoms with Gasteiger partial charge in [0.15, 0.2) is 0 Å². The van der Waals surface area contributed by atoms with Crippen LogP contribution in [0.2, 0.25) is 0 Å². The molecule has 0 fully saturated rings. The number of allylic oxidation sites excluding steroid dienone is 10. The first kappa shape index (κ1) is 53.9. The molecule has 10 aromatic carbocycles. The minimum Gasteiger partial charge on any atom is -0.310 e. The van der Waals surface area contributed by atoms with Gasteiger partial charge >= 0.3 is 12.4 Å². The van der Waals surface area contributed by atoms with Gasteiger partial charge in [0, 0.05) is 50.5 Å². The van der Waals surface area contributed by atoms with Crippen molar-refractivity contribution in [3.63, 3.8) is 0 Å². The molecule has 0 aliphatic heterocycles. The summed E-state index contributed by atoms with van der Waals surface area (Å²) in [5, 5.41) is 1.97. The molecule has 420 valence electrons. The van der Waals surface area contributed by atoms with E-state index in [4.69, 9.17) is 0 Å². The van der Waals surface area contributed by atoms with E-state index in [0.717, 1.165) is 74.7 Å². The maximum atomic E-state index is 14.6. The average molecular weight is 1140 g/mol. The SMILES string of the molecule is CC12C=CC=CC1=C(c1ccccc1)C1=C(CCC=C1)C2c1ccc(-n2c3ccc(-c4ccc(N(c5ccccc5)c5ccccc5C(F)(F)F)cc4)cc3c3cc(-c4ccc(N(c5ccccc5)c5ccccc5C(F)(F)F)cc4)ccc32)cc1. The van der Waals surface area contributed by atoms with Crippen LogP contribution < -0.4 is 9.80 Å². The lowest BCUT2D eigenvalue weighted by atomic mass is 9.57. The summed E-state index contributed by atoms with van der Waals surface area (Å²) in [7, 11) is 0. The maximum Gasteiger partial charge on any atom is 0.418 e. The Labute approximate surface area is 495 Å². The lowest BCUT2D eigenvalue weighted by Crippen LogP contribution is -2.33. The summed E-state index contributed by atoms with van der Waals surface area (Å²) in [5.74, 6) is 0.0968. The summed E-state index contributed by atoms with van der Waals surface area (Å²) >= 11 is 0. The van der Waals surface area contributed by atoms with Crippen LogP contribution >= 0.6 is 0 Å². The highest BCUT2D eigenvalue weighted by molar-refractivity contribution is 6.12. The third-order valence-electron chi connectivity index (χ3n) is 17.3. The molecule has 11 aromatic rings. The van der Waals surface area contributed by atoms with E-state index in [1.165, 1.54) is 57.7 Å². The molecule has 2 unspecified atom stereocenters. The lowest BCUT2D eigenvalue weighted by Gasteiger charge is -2.46. The maximum absolute atomic E-state index is 14.6. The van der Waals surface area contributed by atoms with Crippen LogP contribution in [0.5, 0.6) is 0 Å². The molecule has 14 rings (SSSR count). The topological polar surface area (TPSA) is 11.4 Å². The van der Waals surface area contributed by atoms with Crippen LogP contribution in [0.25, 0.3) is 55.3 Å². The zero-order chi connectivity index (χ0) is 58.7. The van der Waals surface area contributed by atoms with E-state index in [2.05, 4.69) is 139 Å². The Morgan fingerprint density at radius 1 is 0.442 bits per heavy atom. The number of alkyl halides is 6. The van der Waals surface area contributed by atoms with Gasteiger partial charge in [0.1, 0.15) is 0 Å². The molecule has 0 amide bonds. The number of aromatic nitrogens is 1. The van der Waals surface area contributed by atoms with Gasteiger partial charge < -0.3 is 14.4 Å². The summed E-state index contributed by atoms with van der Waals surface area (Å²) in [6.45, 7) is 2.38. The number of hydrogen-bond acceptors (Lipinski definition) is 2. The predicted molar refractivity (Wildman–Crippen MR) is 339 cm³/mol. The van der Waals surface area contributed by atoms with Gasteiger partial charge in [-0.3, -0.25) is 0 Å². The minimum atomic E-state index is -4.58. The van der Waals surface area contributed by atoms with Gasteiger partial charge in [-0.15, -0.1) is 0 Å². The molecule has 0 spiro atoms. The molecule has 0 bridgehead atoms. The first-order chi connectivity index (χ1) is 41.8. The summed E-state index contributed by atoms with van der Waals surface area (Å²) in [5.41, 5.74) is 14.9. The minimum absolute atomic E-state index is 0.0228. The molecule has 0 N–H and O–H groups in total. The van der Waals surface area contributed by atoms with Crippen molar-refractivity contribution in [3.8, 4) is 27.9 Å². The number of nitrogens with zero attached hydrogens (tertiary/aromatic N) is 3. The van der Waals surface area contributed by atoms with Crippen molar-refractivity contribution in [2.45, 2.75) is 38.0 Å². The van der Waals surface area contributed by atoms with E-state index in [1.807, 2.05) is 84.9 Å². The molecule has 0 saturated carbocycles. The fraction of sp³-hybridized carbons (Fsp3) is 0.0909. The Morgan fingerprint density at radius 3 is 1.40 bits per heavy atom. The van der Waals surface area contributed by atoms with E-state index >= 15 is 0 Å². The third kappa shape index (κ3) is 9.53. The molecular formula is C77H55F6N3. The van der Waals surface area contributed by atoms with E-state index in [1.54, 1.807) is 46.2 Å². The van der Waals surface area contributed by atoms with Gasteiger partial charge in [-0.25, -0.2) is 0 Å². The number of anilines is 6. The normalized spacial score (nSPS) is 16.6. The van der Waals surface area contributed by atoms with Crippen LogP contribution in [0.3, 0.4) is 0 Å². The van der Waals surface area contributed by atoms with Crippen LogP contribution in [-0.2, 0) is 12.4 Å². The molecule has 9 heteroatoms. The first-order valence-corrected chi connectivity index (χ1v) is 28.8. The van der Waals surface area contributed by atoms with Gasteiger partial charge in [0.2, 0.25) is 0 Å². The van der Waals surface area contributed by atoms with Gasteiger partial charge in [-0.05, 0) is 172 Å². The van der Waals surface area contributed by atoms with E-state index < -0.39 is 23.5 Å². The van der Waals surface area contributed by atoms with Crippen molar-refractivity contribution in [1.29, 1.82) is 0 Å². The quantitative estimate of drug-likeness (QED) is 0.120. The van der Waals surface area contributed by atoms with Crippen molar-refractivity contribution >= 4 is 61.5 Å². The fourth-order valence-electron chi connectivity index (χ4n) is 13.4. The molecule has 0 saturated heterocycles. The number of fused-ring (bicyclic) bond motifs is 4. The summed E-state index contributed by atoms with van der Waals surface area (Å²) in [6, 6.07) is 77.3. The molecule has 3 aliphatic carbocycles. The van der Waals surface area contributed by atoms with Crippen LogP contribution in [-0.4, -0.2) is 4.57 Å². The van der Waals surface area contributed by atoms with Crippen LogP contribution in [0.1, 0.15) is 47.9 Å². The van der Waals surface area contributed by atoms with Crippen molar-refractivity contribution in [3.05, 3.63) is 324 Å². The van der Waals surface area contributed by atoms with Crippen LogP contribution in [0, 0.1) is 5.41 Å². The molecule has 1 heterocycles. The van der Waals surface area contributed by atoms with Crippen molar-refractivity contribution in [2.75, 3.05) is 9.80 Å².